The van der Waals surface area contributed by atoms with E-state index in [1.165, 1.54) is 12.3 Å². The third kappa shape index (κ3) is 4.51. The lowest BCUT2D eigenvalue weighted by atomic mass is 9.85. The van der Waals surface area contributed by atoms with Crippen LogP contribution in [0.15, 0.2) is 48.7 Å². The fourth-order valence-corrected chi connectivity index (χ4v) is 4.43. The molecule has 1 aliphatic heterocycles. The van der Waals surface area contributed by atoms with Gasteiger partial charge in [0.25, 0.3) is 0 Å². The van der Waals surface area contributed by atoms with E-state index in [4.69, 9.17) is 16.3 Å². The Hall–Kier alpha value is -2.86. The van der Waals surface area contributed by atoms with Crippen LogP contribution in [-0.4, -0.2) is 34.7 Å². The number of ether oxygens (including phenoxy) is 1. The summed E-state index contributed by atoms with van der Waals surface area (Å²) in [5.74, 6) is -0.368. The van der Waals surface area contributed by atoms with Gasteiger partial charge in [0.1, 0.15) is 11.4 Å². The van der Waals surface area contributed by atoms with Crippen molar-refractivity contribution in [1.29, 1.82) is 0 Å². The first-order valence-corrected chi connectivity index (χ1v) is 11.0. The first-order chi connectivity index (χ1) is 15.1. The van der Waals surface area contributed by atoms with E-state index in [1.54, 1.807) is 4.90 Å². The van der Waals surface area contributed by atoms with Gasteiger partial charge in [-0.2, -0.15) is 0 Å². The molecule has 168 valence electrons. The molecule has 1 fully saturated rings. The molecule has 1 N–H and O–H groups in total. The molecular weight excluding hydrogens is 429 g/mol. The number of hydrogen-bond acceptors (Lipinski definition) is 4. The number of pyridine rings is 1. The minimum Gasteiger partial charge on any atom is -0.444 e. The van der Waals surface area contributed by atoms with Crippen molar-refractivity contribution in [3.8, 4) is 0 Å². The summed E-state index contributed by atoms with van der Waals surface area (Å²) in [6.07, 6.45) is 1.56. The molecule has 0 bridgehead atoms. The quantitative estimate of drug-likeness (QED) is 0.504. The van der Waals surface area contributed by atoms with Gasteiger partial charge in [-0.25, -0.2) is 9.18 Å². The normalized spacial score (nSPS) is 18.8. The van der Waals surface area contributed by atoms with Crippen LogP contribution in [0.1, 0.15) is 38.3 Å². The van der Waals surface area contributed by atoms with Crippen LogP contribution in [0.2, 0.25) is 5.02 Å². The maximum Gasteiger partial charge on any atom is 0.410 e. The Bertz CT molecular complexity index is 1180. The lowest BCUT2D eigenvalue weighted by molar-refractivity contribution is 0.0286. The highest BCUT2D eigenvalue weighted by atomic mass is 35.5. The fourth-order valence-electron chi connectivity index (χ4n) is 4.26. The van der Waals surface area contributed by atoms with Gasteiger partial charge in [-0.3, -0.25) is 4.98 Å². The molecule has 32 heavy (non-hydrogen) atoms. The van der Waals surface area contributed by atoms with Crippen LogP contribution in [0.5, 0.6) is 0 Å². The van der Waals surface area contributed by atoms with Crippen molar-refractivity contribution in [3.63, 3.8) is 0 Å². The zero-order chi connectivity index (χ0) is 23.1. The van der Waals surface area contributed by atoms with Crippen LogP contribution in [0.25, 0.3) is 10.9 Å². The van der Waals surface area contributed by atoms with E-state index in [9.17, 15) is 9.18 Å². The van der Waals surface area contributed by atoms with E-state index < -0.39 is 11.1 Å². The smallest absolute Gasteiger partial charge is 0.410 e. The van der Waals surface area contributed by atoms with E-state index in [-0.39, 0.29) is 11.9 Å². The number of benzene rings is 2. The van der Waals surface area contributed by atoms with Crippen LogP contribution in [0.3, 0.4) is 0 Å². The zero-order valence-electron chi connectivity index (χ0n) is 18.7. The molecule has 4 rings (SSSR count). The van der Waals surface area contributed by atoms with E-state index in [0.717, 1.165) is 22.2 Å². The molecule has 1 saturated heterocycles. The number of carbonyl (C=O) groups excluding carboxylic acids is 1. The van der Waals surface area contributed by atoms with Crippen molar-refractivity contribution < 1.29 is 13.9 Å². The number of halogens is 2. The number of nitrogens with one attached hydrogen (secondary N) is 1. The van der Waals surface area contributed by atoms with Crippen LogP contribution in [0, 0.1) is 12.7 Å². The minimum atomic E-state index is -0.568. The summed E-state index contributed by atoms with van der Waals surface area (Å²) in [5.41, 5.74) is 2.40. The molecule has 5 nitrogen and oxygen atoms in total. The third-order valence-corrected chi connectivity index (χ3v) is 6.15. The first kappa shape index (κ1) is 22.3. The summed E-state index contributed by atoms with van der Waals surface area (Å²) in [4.78, 5) is 18.7. The van der Waals surface area contributed by atoms with Gasteiger partial charge >= 0.3 is 6.09 Å². The molecular formula is C25H27ClFN3O2. The van der Waals surface area contributed by atoms with Crippen molar-refractivity contribution in [3.05, 3.63) is 70.6 Å². The number of fused-ring (bicyclic) bond motifs is 1. The number of anilines is 1. The van der Waals surface area contributed by atoms with Gasteiger partial charge in [0.15, 0.2) is 0 Å². The predicted octanol–water partition coefficient (Wildman–Crippen LogP) is 6.28. The van der Waals surface area contributed by atoms with Crippen molar-refractivity contribution in [1.82, 2.24) is 9.88 Å². The largest absolute Gasteiger partial charge is 0.444 e. The van der Waals surface area contributed by atoms with Gasteiger partial charge in [0.2, 0.25) is 0 Å². The molecule has 1 amide bonds. The molecule has 2 aromatic carbocycles. The number of amides is 1. The summed E-state index contributed by atoms with van der Waals surface area (Å²) >= 11 is 6.46. The monoisotopic (exact) mass is 455 g/mol. The molecule has 0 radical (unpaired) electrons. The van der Waals surface area contributed by atoms with E-state index >= 15 is 0 Å². The lowest BCUT2D eigenvalue weighted by Gasteiger charge is -2.34. The SMILES string of the molecule is Cc1c(Cl)cccc1[C@@]1(Nc2ccc3cc(F)cnc3c2)CCN(C(=O)OC(C)(C)C)C1. The second-order valence-corrected chi connectivity index (χ2v) is 9.74. The van der Waals surface area contributed by atoms with E-state index in [1.807, 2.05) is 64.1 Å². The number of rotatable bonds is 3. The number of likely N-dealkylation sites (tertiary alicyclic amines) is 1. The van der Waals surface area contributed by atoms with Gasteiger partial charge < -0.3 is 15.0 Å². The molecule has 2 heterocycles. The van der Waals surface area contributed by atoms with E-state index in [2.05, 4.69) is 10.3 Å². The third-order valence-electron chi connectivity index (χ3n) is 5.74. The Kier molecular flexibility index (Phi) is 5.76. The maximum atomic E-state index is 13.5. The number of hydrogen-bond donors (Lipinski definition) is 1. The Morgan fingerprint density at radius 1 is 1.25 bits per heavy atom. The molecule has 1 aliphatic rings. The first-order valence-electron chi connectivity index (χ1n) is 10.6. The van der Waals surface area contributed by atoms with Gasteiger partial charge in [-0.1, -0.05) is 29.8 Å². The molecule has 7 heteroatoms. The van der Waals surface area contributed by atoms with Crippen LogP contribution < -0.4 is 5.32 Å². The van der Waals surface area contributed by atoms with Crippen LogP contribution >= 0.6 is 11.6 Å². The van der Waals surface area contributed by atoms with Gasteiger partial charge in [0, 0.05) is 22.6 Å². The Balaban J connectivity index is 1.71. The highest BCUT2D eigenvalue weighted by Gasteiger charge is 2.43. The zero-order valence-corrected chi connectivity index (χ0v) is 19.5. The second kappa shape index (κ2) is 8.24. The van der Waals surface area contributed by atoms with Crippen molar-refractivity contribution in [2.45, 2.75) is 45.3 Å². The molecule has 3 aromatic rings. The lowest BCUT2D eigenvalue weighted by Crippen LogP contribution is -2.42. The van der Waals surface area contributed by atoms with Crippen molar-refractivity contribution >= 4 is 34.3 Å². The summed E-state index contributed by atoms with van der Waals surface area (Å²) in [7, 11) is 0. The predicted molar refractivity (Wildman–Crippen MR) is 126 cm³/mol. The van der Waals surface area contributed by atoms with Gasteiger partial charge in [0.05, 0.1) is 23.8 Å². The number of nitrogens with zero attached hydrogens (tertiary/aromatic N) is 2. The van der Waals surface area contributed by atoms with Crippen LogP contribution in [0.4, 0.5) is 14.9 Å². The summed E-state index contributed by atoms with van der Waals surface area (Å²) in [6.45, 7) is 8.54. The summed E-state index contributed by atoms with van der Waals surface area (Å²) < 4.78 is 19.1. The molecule has 0 aliphatic carbocycles. The summed E-state index contributed by atoms with van der Waals surface area (Å²) in [5, 5.41) is 5.05. The molecule has 0 saturated carbocycles. The topological polar surface area (TPSA) is 54.5 Å². The van der Waals surface area contributed by atoms with Gasteiger partial charge in [-0.05, 0) is 69.5 Å². The average molecular weight is 456 g/mol. The second-order valence-electron chi connectivity index (χ2n) is 9.33. The minimum absolute atomic E-state index is 0.337. The Labute approximate surface area is 192 Å². The number of carbonyl (C=O) groups is 1. The average Bonchev–Trinajstić information content (AvgIpc) is 3.14. The highest BCUT2D eigenvalue weighted by molar-refractivity contribution is 6.31. The molecule has 1 atom stereocenters. The molecule has 0 spiro atoms. The molecule has 1 aromatic heterocycles. The van der Waals surface area contributed by atoms with Crippen LogP contribution in [-0.2, 0) is 10.3 Å². The maximum absolute atomic E-state index is 13.5. The van der Waals surface area contributed by atoms with Gasteiger partial charge in [-0.15, -0.1) is 0 Å². The standard InChI is InChI=1S/C25H27ClFN3O2/c1-16-20(6-5-7-21(16)26)25(10-11-30(15-25)23(31)32-24(2,3)4)29-19-9-8-17-12-18(27)14-28-22(17)13-19/h5-9,12-14,29H,10-11,15H2,1-4H3/t25-/m1/s1. The highest BCUT2D eigenvalue weighted by Crippen LogP contribution is 2.40. The van der Waals surface area contributed by atoms with Crippen molar-refractivity contribution in [2.24, 2.45) is 0 Å². The Morgan fingerprint density at radius 2 is 2.03 bits per heavy atom. The van der Waals surface area contributed by atoms with E-state index in [0.29, 0.717) is 30.0 Å². The number of aromatic nitrogens is 1. The Morgan fingerprint density at radius 3 is 2.78 bits per heavy atom. The van der Waals surface area contributed by atoms with Crippen molar-refractivity contribution in [2.75, 3.05) is 18.4 Å². The summed E-state index contributed by atoms with van der Waals surface area (Å²) in [6, 6.07) is 12.9. The fraction of sp³-hybridized carbons (Fsp3) is 0.360. The molecule has 0 unspecified atom stereocenters.